The molecule has 0 spiro atoms. The van der Waals surface area contributed by atoms with Gasteiger partial charge in [0.1, 0.15) is 13.2 Å². The molecule has 0 aliphatic heterocycles. The summed E-state index contributed by atoms with van der Waals surface area (Å²) in [5, 5.41) is 13.8. The highest BCUT2D eigenvalue weighted by Crippen LogP contribution is 2.38. The molecule has 2 N–H and O–H groups in total. The normalized spacial score (nSPS) is 14.2. The van der Waals surface area contributed by atoms with Crippen LogP contribution < -0.4 is 10.2 Å². The molecule has 3 atom stereocenters. The van der Waals surface area contributed by atoms with Gasteiger partial charge in [0.05, 0.1) is 39.9 Å². The Hall–Kier alpha value is -0.760. The zero-order valence-corrected chi connectivity index (χ0v) is 40.9. The number of unbranched alkanes of at least 4 members (excludes halogenated alkanes) is 34. The van der Waals surface area contributed by atoms with Crippen molar-refractivity contribution in [2.75, 3.05) is 40.9 Å². The van der Waals surface area contributed by atoms with Crippen molar-refractivity contribution in [2.24, 2.45) is 0 Å². The number of aliphatic hydroxyl groups excluding tert-OH is 1. The van der Waals surface area contributed by atoms with Gasteiger partial charge in [0.15, 0.2) is 0 Å². The van der Waals surface area contributed by atoms with Gasteiger partial charge in [-0.05, 0) is 19.3 Å². The van der Waals surface area contributed by atoms with Gasteiger partial charge in [-0.1, -0.05) is 238 Å². The van der Waals surface area contributed by atoms with E-state index in [-0.39, 0.29) is 19.1 Å². The van der Waals surface area contributed by atoms with Crippen LogP contribution in [-0.4, -0.2) is 68.5 Å². The van der Waals surface area contributed by atoms with E-state index >= 15 is 0 Å². The number of quaternary nitrogens is 1. The van der Waals surface area contributed by atoms with E-state index in [9.17, 15) is 19.4 Å². The summed E-state index contributed by atoms with van der Waals surface area (Å²) < 4.78 is 23.2. The highest BCUT2D eigenvalue weighted by Gasteiger charge is 2.23. The quantitative estimate of drug-likeness (QED) is 0.0273. The minimum atomic E-state index is -4.58. The van der Waals surface area contributed by atoms with Gasteiger partial charge in [0.25, 0.3) is 7.82 Å². The smallest absolute Gasteiger partial charge is 0.268 e. The van der Waals surface area contributed by atoms with E-state index < -0.39 is 20.0 Å². The Bertz CT molecular complexity index is 974. The predicted molar refractivity (Wildman–Crippen MR) is 252 cm³/mol. The van der Waals surface area contributed by atoms with Crippen molar-refractivity contribution in [3.63, 3.8) is 0 Å². The zero-order valence-electron chi connectivity index (χ0n) is 40.0. The maximum absolute atomic E-state index is 12.9. The molecule has 0 heterocycles. The maximum Gasteiger partial charge on any atom is 0.268 e. The SMILES string of the molecule is CCCCCCCCCCCCC/C=C/[C@@H](O)[C@H](COP(=O)([O-])OCC[N+](C)(C)C)NC(=O)CCCCCCCCCCCCCCCCCCCCCCCCCC. The Balaban J connectivity index is 4.17. The van der Waals surface area contributed by atoms with Gasteiger partial charge in [0.2, 0.25) is 5.91 Å². The monoisotopic (exact) mass is 857 g/mol. The van der Waals surface area contributed by atoms with E-state index in [1.54, 1.807) is 6.08 Å². The Kier molecular flexibility index (Phi) is 42.0. The number of hydrogen-bond acceptors (Lipinski definition) is 6. The minimum Gasteiger partial charge on any atom is -0.756 e. The fourth-order valence-electron chi connectivity index (χ4n) is 7.68. The second-order valence-corrected chi connectivity index (χ2v) is 20.3. The Morgan fingerprint density at radius 3 is 1.27 bits per heavy atom. The number of phosphoric ester groups is 1. The number of rotatable bonds is 47. The summed E-state index contributed by atoms with van der Waals surface area (Å²) in [6.07, 6.45) is 49.8. The fraction of sp³-hybridized carbons (Fsp3) is 0.940. The van der Waals surface area contributed by atoms with Crippen LogP contribution in [0, 0.1) is 0 Å². The van der Waals surface area contributed by atoms with Crippen molar-refractivity contribution in [3.8, 4) is 0 Å². The summed E-state index contributed by atoms with van der Waals surface area (Å²) in [4.78, 5) is 25.4. The average Bonchev–Trinajstić information content (AvgIpc) is 3.19. The van der Waals surface area contributed by atoms with Crippen LogP contribution in [0.3, 0.4) is 0 Å². The average molecular weight is 857 g/mol. The molecule has 0 radical (unpaired) electrons. The summed E-state index contributed by atoms with van der Waals surface area (Å²) in [6.45, 7) is 4.67. The lowest BCUT2D eigenvalue weighted by Crippen LogP contribution is -2.45. The molecule has 0 saturated heterocycles. The van der Waals surface area contributed by atoms with Crippen LogP contribution >= 0.6 is 7.82 Å². The van der Waals surface area contributed by atoms with Crippen molar-refractivity contribution in [2.45, 2.75) is 264 Å². The van der Waals surface area contributed by atoms with E-state index in [1.807, 2.05) is 27.2 Å². The van der Waals surface area contributed by atoms with Crippen molar-refractivity contribution >= 4 is 13.7 Å². The lowest BCUT2D eigenvalue weighted by atomic mass is 10.0. The number of hydrogen-bond donors (Lipinski definition) is 2. The van der Waals surface area contributed by atoms with Crippen molar-refractivity contribution < 1.29 is 32.9 Å². The molecule has 8 nitrogen and oxygen atoms in total. The molecular weight excluding hydrogens is 756 g/mol. The molecule has 1 amide bonds. The van der Waals surface area contributed by atoms with Crippen molar-refractivity contribution in [3.05, 3.63) is 12.2 Å². The highest BCUT2D eigenvalue weighted by atomic mass is 31.2. The van der Waals surface area contributed by atoms with Crippen LogP contribution in [0.25, 0.3) is 0 Å². The Labute approximate surface area is 367 Å². The third-order valence-electron chi connectivity index (χ3n) is 11.7. The van der Waals surface area contributed by atoms with Gasteiger partial charge < -0.3 is 28.8 Å². The third kappa shape index (κ3) is 45.1. The number of nitrogens with one attached hydrogen (secondary N) is 1. The zero-order chi connectivity index (χ0) is 43.6. The maximum atomic E-state index is 12.9. The molecule has 9 heteroatoms. The van der Waals surface area contributed by atoms with Gasteiger partial charge >= 0.3 is 0 Å². The van der Waals surface area contributed by atoms with Gasteiger partial charge in [-0.15, -0.1) is 0 Å². The molecule has 0 aliphatic rings. The first-order valence-corrected chi connectivity index (χ1v) is 27.0. The van der Waals surface area contributed by atoms with E-state index in [2.05, 4.69) is 19.2 Å². The van der Waals surface area contributed by atoms with Crippen LogP contribution in [0.1, 0.15) is 251 Å². The first-order valence-electron chi connectivity index (χ1n) is 25.6. The molecule has 1 unspecified atom stereocenters. The molecule has 0 bridgehead atoms. The molecule has 0 aromatic carbocycles. The molecule has 0 aliphatic carbocycles. The summed E-state index contributed by atoms with van der Waals surface area (Å²) in [7, 11) is 1.27. The molecule has 59 heavy (non-hydrogen) atoms. The largest absolute Gasteiger partial charge is 0.756 e. The summed E-state index contributed by atoms with van der Waals surface area (Å²) >= 11 is 0. The second kappa shape index (κ2) is 42.5. The van der Waals surface area contributed by atoms with Crippen molar-refractivity contribution in [1.82, 2.24) is 5.32 Å². The van der Waals surface area contributed by atoms with Crippen LogP contribution in [0.5, 0.6) is 0 Å². The second-order valence-electron chi connectivity index (χ2n) is 18.9. The number of carbonyl (C=O) groups is 1. The number of allylic oxidation sites excluding steroid dienone is 1. The Morgan fingerprint density at radius 2 is 0.915 bits per heavy atom. The van der Waals surface area contributed by atoms with Gasteiger partial charge in [-0.25, -0.2) is 0 Å². The van der Waals surface area contributed by atoms with E-state index in [4.69, 9.17) is 9.05 Å². The van der Waals surface area contributed by atoms with Crippen LogP contribution in [0.15, 0.2) is 12.2 Å². The number of likely N-dealkylation sites (N-methyl/N-ethyl adjacent to an activating group) is 1. The predicted octanol–water partition coefficient (Wildman–Crippen LogP) is 14.1. The van der Waals surface area contributed by atoms with Crippen LogP contribution in [-0.2, 0) is 18.4 Å². The molecule has 0 rings (SSSR count). The Morgan fingerprint density at radius 1 is 0.576 bits per heavy atom. The number of phosphoric acid groups is 1. The summed E-state index contributed by atoms with van der Waals surface area (Å²) in [6, 6.07) is -0.880. The third-order valence-corrected chi connectivity index (χ3v) is 12.7. The van der Waals surface area contributed by atoms with Crippen molar-refractivity contribution in [1.29, 1.82) is 0 Å². The first kappa shape index (κ1) is 58.2. The van der Waals surface area contributed by atoms with Gasteiger partial charge in [0, 0.05) is 6.42 Å². The number of carbonyl (C=O) groups excluding carboxylic acids is 1. The molecule has 352 valence electrons. The van der Waals surface area contributed by atoms with E-state index in [0.717, 1.165) is 38.5 Å². The van der Waals surface area contributed by atoms with E-state index in [0.29, 0.717) is 17.4 Å². The lowest BCUT2D eigenvalue weighted by Gasteiger charge is -2.29. The topological polar surface area (TPSA) is 108 Å². The molecule has 0 aromatic heterocycles. The summed E-state index contributed by atoms with van der Waals surface area (Å²) in [5.74, 6) is -0.193. The van der Waals surface area contributed by atoms with Gasteiger partial charge in [-0.2, -0.15) is 0 Å². The first-order chi connectivity index (χ1) is 28.5. The molecule has 0 aromatic rings. The standard InChI is InChI=1S/C50H101N2O6P/c1-6-8-10-12-14-16-18-20-21-22-23-24-25-26-27-28-29-30-32-34-36-38-40-42-44-50(54)51-48(47-58-59(55,56)57-46-45-52(3,4)5)49(53)43-41-39-37-35-33-31-19-17-15-13-11-9-7-2/h41,43,48-49,53H,6-40,42,44-47H2,1-5H3,(H-,51,54,55,56)/b43-41+/t48-,49+/m0/s1. The fourth-order valence-corrected chi connectivity index (χ4v) is 8.41. The molecular formula is C50H101N2O6P. The molecule has 0 saturated carbocycles. The summed E-state index contributed by atoms with van der Waals surface area (Å²) in [5.41, 5.74) is 0. The lowest BCUT2D eigenvalue weighted by molar-refractivity contribution is -0.870. The van der Waals surface area contributed by atoms with E-state index in [1.165, 1.54) is 193 Å². The van der Waals surface area contributed by atoms with Crippen LogP contribution in [0.4, 0.5) is 0 Å². The van der Waals surface area contributed by atoms with Gasteiger partial charge in [-0.3, -0.25) is 9.36 Å². The highest BCUT2D eigenvalue weighted by molar-refractivity contribution is 7.45. The number of amides is 1. The van der Waals surface area contributed by atoms with Crippen LogP contribution in [0.2, 0.25) is 0 Å². The number of nitrogens with zero attached hydrogens (tertiary/aromatic N) is 1. The molecule has 0 fully saturated rings. The number of aliphatic hydroxyl groups is 1. The minimum absolute atomic E-state index is 0.00226.